The lowest BCUT2D eigenvalue weighted by atomic mass is 10.0. The molecule has 0 radical (unpaired) electrons. The predicted octanol–water partition coefficient (Wildman–Crippen LogP) is 5.73. The Kier molecular flexibility index (Phi) is 6.16. The second-order valence-corrected chi connectivity index (χ2v) is 7.59. The van der Waals surface area contributed by atoms with E-state index in [1.165, 1.54) is 10.8 Å². The second-order valence-electron chi connectivity index (χ2n) is 6.83. The zero-order valence-corrected chi connectivity index (χ0v) is 17.2. The van der Waals surface area contributed by atoms with Crippen molar-refractivity contribution in [1.29, 1.82) is 0 Å². The van der Waals surface area contributed by atoms with Gasteiger partial charge in [-0.15, -0.1) is 23.2 Å². The van der Waals surface area contributed by atoms with E-state index in [1.54, 1.807) is 0 Å². The minimum atomic E-state index is 0.615. The largest absolute Gasteiger partial charge is 0.383 e. The molecule has 0 unspecified atom stereocenters. The molecule has 0 amide bonds. The van der Waals surface area contributed by atoms with Crippen molar-refractivity contribution in [1.82, 2.24) is 9.88 Å². The molecule has 0 bridgehead atoms. The van der Waals surface area contributed by atoms with Crippen molar-refractivity contribution in [2.75, 3.05) is 43.3 Å². The molecule has 3 aromatic carbocycles. The quantitative estimate of drug-likeness (QED) is 0.228. The number of pyridine rings is 1. The Hall–Kier alpha value is -2.07. The van der Waals surface area contributed by atoms with E-state index in [2.05, 4.69) is 64.8 Å². The molecule has 28 heavy (non-hydrogen) atoms. The van der Waals surface area contributed by atoms with Crippen LogP contribution in [-0.2, 0) is 0 Å². The molecule has 0 spiro atoms. The third-order valence-corrected chi connectivity index (χ3v) is 5.44. The Morgan fingerprint density at radius 2 is 1.46 bits per heavy atom. The normalized spacial score (nSPS) is 11.7. The van der Waals surface area contributed by atoms with E-state index < -0.39 is 0 Å². The molecule has 0 fully saturated rings. The molecule has 0 aliphatic carbocycles. The predicted molar refractivity (Wildman–Crippen MR) is 123 cm³/mol. The Morgan fingerprint density at radius 1 is 0.750 bits per heavy atom. The highest BCUT2D eigenvalue weighted by molar-refractivity contribution is 6.18. The van der Waals surface area contributed by atoms with E-state index in [-0.39, 0.29) is 0 Å². The van der Waals surface area contributed by atoms with Crippen LogP contribution in [0, 0.1) is 0 Å². The number of halogens is 2. The number of hydrogen-bond acceptors (Lipinski definition) is 3. The number of aromatic nitrogens is 1. The van der Waals surface area contributed by atoms with Gasteiger partial charge < -0.3 is 5.32 Å². The fourth-order valence-electron chi connectivity index (χ4n) is 3.73. The Bertz CT molecular complexity index is 1090. The van der Waals surface area contributed by atoms with Crippen LogP contribution in [-0.4, -0.2) is 47.8 Å². The summed E-state index contributed by atoms with van der Waals surface area (Å²) in [5.74, 6) is 1.23. The van der Waals surface area contributed by atoms with Gasteiger partial charge in [-0.25, -0.2) is 4.98 Å². The summed E-state index contributed by atoms with van der Waals surface area (Å²) in [6, 6.07) is 21.1. The van der Waals surface area contributed by atoms with Gasteiger partial charge >= 0.3 is 0 Å². The highest BCUT2D eigenvalue weighted by Crippen LogP contribution is 2.34. The minimum absolute atomic E-state index is 0.615. The maximum absolute atomic E-state index is 5.93. The van der Waals surface area contributed by atoms with Crippen molar-refractivity contribution in [2.24, 2.45) is 0 Å². The monoisotopic (exact) mass is 411 g/mol. The first-order chi connectivity index (χ1) is 13.8. The van der Waals surface area contributed by atoms with Crippen molar-refractivity contribution >= 4 is 61.5 Å². The van der Waals surface area contributed by atoms with E-state index >= 15 is 0 Å². The third kappa shape index (κ3) is 3.88. The number of nitrogens with zero attached hydrogens (tertiary/aromatic N) is 2. The van der Waals surface area contributed by atoms with Crippen molar-refractivity contribution in [3.63, 3.8) is 0 Å². The van der Waals surface area contributed by atoms with Crippen LogP contribution in [0.15, 0.2) is 60.7 Å². The molecule has 144 valence electrons. The number of para-hydroxylation sites is 1. The summed E-state index contributed by atoms with van der Waals surface area (Å²) in [5, 5.41) is 8.36. The van der Waals surface area contributed by atoms with Gasteiger partial charge in [-0.3, -0.25) is 4.90 Å². The Labute approximate surface area is 175 Å². The lowest BCUT2D eigenvalue weighted by Crippen LogP contribution is -2.32. The molecule has 4 rings (SSSR count). The maximum atomic E-state index is 5.93. The number of rotatable bonds is 8. The SMILES string of the molecule is ClCCN(CCCl)CCNc1c2ccccc2nc2c1ccc1ccccc12. The van der Waals surface area contributed by atoms with Gasteiger partial charge in [0.2, 0.25) is 0 Å². The summed E-state index contributed by atoms with van der Waals surface area (Å²) >= 11 is 11.9. The average Bonchev–Trinajstić information content (AvgIpc) is 2.73. The molecule has 5 heteroatoms. The number of benzene rings is 3. The van der Waals surface area contributed by atoms with Crippen LogP contribution in [0.3, 0.4) is 0 Å². The van der Waals surface area contributed by atoms with Crippen LogP contribution in [0.2, 0.25) is 0 Å². The van der Waals surface area contributed by atoms with Crippen LogP contribution >= 0.6 is 23.2 Å². The number of hydrogen-bond donors (Lipinski definition) is 1. The highest BCUT2D eigenvalue weighted by atomic mass is 35.5. The maximum Gasteiger partial charge on any atom is 0.0808 e. The van der Waals surface area contributed by atoms with Crippen molar-refractivity contribution in [3.05, 3.63) is 60.7 Å². The smallest absolute Gasteiger partial charge is 0.0808 e. The number of nitrogens with one attached hydrogen (secondary N) is 1. The van der Waals surface area contributed by atoms with E-state index in [1.807, 2.05) is 6.07 Å². The molecule has 0 atom stereocenters. The molecule has 0 saturated heterocycles. The minimum Gasteiger partial charge on any atom is -0.383 e. The van der Waals surface area contributed by atoms with E-state index in [9.17, 15) is 0 Å². The molecule has 0 saturated carbocycles. The van der Waals surface area contributed by atoms with Crippen molar-refractivity contribution in [2.45, 2.75) is 0 Å². The third-order valence-electron chi connectivity index (χ3n) is 5.11. The van der Waals surface area contributed by atoms with E-state index in [0.717, 1.165) is 53.7 Å². The van der Waals surface area contributed by atoms with E-state index in [0.29, 0.717) is 11.8 Å². The van der Waals surface area contributed by atoms with Gasteiger partial charge in [-0.1, -0.05) is 54.6 Å². The van der Waals surface area contributed by atoms with Gasteiger partial charge in [0.1, 0.15) is 0 Å². The lowest BCUT2D eigenvalue weighted by Gasteiger charge is -2.21. The van der Waals surface area contributed by atoms with Crippen LogP contribution < -0.4 is 5.32 Å². The molecule has 0 aliphatic heterocycles. The molecule has 3 nitrogen and oxygen atoms in total. The summed E-state index contributed by atoms with van der Waals surface area (Å²) in [5.41, 5.74) is 3.19. The number of anilines is 1. The summed E-state index contributed by atoms with van der Waals surface area (Å²) in [4.78, 5) is 7.27. The topological polar surface area (TPSA) is 28.2 Å². The van der Waals surface area contributed by atoms with Crippen molar-refractivity contribution in [3.8, 4) is 0 Å². The van der Waals surface area contributed by atoms with E-state index in [4.69, 9.17) is 28.2 Å². The van der Waals surface area contributed by atoms with Crippen LogP contribution in [0.1, 0.15) is 0 Å². The lowest BCUT2D eigenvalue weighted by molar-refractivity contribution is 0.319. The first-order valence-corrected chi connectivity index (χ1v) is 10.7. The van der Waals surface area contributed by atoms with Crippen LogP contribution in [0.5, 0.6) is 0 Å². The molecule has 0 aliphatic rings. The summed E-state index contributed by atoms with van der Waals surface area (Å²) in [6.07, 6.45) is 0. The van der Waals surface area contributed by atoms with Crippen molar-refractivity contribution < 1.29 is 0 Å². The number of alkyl halides is 2. The van der Waals surface area contributed by atoms with Gasteiger partial charge in [-0.05, 0) is 11.5 Å². The van der Waals surface area contributed by atoms with Gasteiger partial charge in [0.25, 0.3) is 0 Å². The van der Waals surface area contributed by atoms with Crippen LogP contribution in [0.25, 0.3) is 32.6 Å². The van der Waals surface area contributed by atoms with Gasteiger partial charge in [0, 0.05) is 54.1 Å². The molecule has 1 N–H and O–H groups in total. The molecular weight excluding hydrogens is 389 g/mol. The highest BCUT2D eigenvalue weighted by Gasteiger charge is 2.12. The standard InChI is InChI=1S/C23H23Cl2N3/c24-11-14-28(15-12-25)16-13-26-22-19-7-3-4-8-21(19)27-23-18-6-2-1-5-17(18)9-10-20(22)23/h1-10H,11-16H2,(H,26,27). The summed E-state index contributed by atoms with van der Waals surface area (Å²) in [6.45, 7) is 3.41. The first-order valence-electron chi connectivity index (χ1n) is 9.60. The molecule has 4 aromatic rings. The van der Waals surface area contributed by atoms with Gasteiger partial charge in [-0.2, -0.15) is 0 Å². The first kappa shape index (κ1) is 19.3. The van der Waals surface area contributed by atoms with Crippen LogP contribution in [0.4, 0.5) is 5.69 Å². The fourth-order valence-corrected chi connectivity index (χ4v) is 4.21. The van der Waals surface area contributed by atoms with Gasteiger partial charge in [0.05, 0.1) is 16.7 Å². The molecule has 1 heterocycles. The second kappa shape index (κ2) is 8.95. The Balaban J connectivity index is 1.75. The molecular formula is C23H23Cl2N3. The molecule has 1 aromatic heterocycles. The average molecular weight is 412 g/mol. The summed E-state index contributed by atoms with van der Waals surface area (Å²) in [7, 11) is 0. The zero-order chi connectivity index (χ0) is 19.3. The number of fused-ring (bicyclic) bond motifs is 4. The fraction of sp³-hybridized carbons (Fsp3) is 0.261. The zero-order valence-electron chi connectivity index (χ0n) is 15.7. The summed E-state index contributed by atoms with van der Waals surface area (Å²) < 4.78 is 0. The van der Waals surface area contributed by atoms with Gasteiger partial charge in [0.15, 0.2) is 0 Å². The Morgan fingerprint density at radius 3 is 2.25 bits per heavy atom.